The number of ether oxygens (including phenoxy) is 1. The number of aryl methyl sites for hydroxylation is 1. The van der Waals surface area contributed by atoms with Gasteiger partial charge in [0.25, 0.3) is 0 Å². The summed E-state index contributed by atoms with van der Waals surface area (Å²) >= 11 is 0. The highest BCUT2D eigenvalue weighted by atomic mass is 32.2. The average molecular weight is 285 g/mol. The predicted octanol–water partition coefficient (Wildman–Crippen LogP) is 0.679. The van der Waals surface area contributed by atoms with E-state index >= 15 is 0 Å². The molecule has 0 fully saturated rings. The third-order valence-corrected chi connectivity index (χ3v) is 3.97. The van der Waals surface area contributed by atoms with Gasteiger partial charge >= 0.3 is 0 Å². The molecule has 0 aliphatic heterocycles. The van der Waals surface area contributed by atoms with Crippen molar-refractivity contribution in [3.05, 3.63) is 36.5 Å². The van der Waals surface area contributed by atoms with Crippen molar-refractivity contribution in [2.75, 3.05) is 13.7 Å². The Bertz CT molecular complexity index is 618. The van der Waals surface area contributed by atoms with E-state index in [2.05, 4.69) is 9.82 Å². The van der Waals surface area contributed by atoms with Crippen LogP contribution in [0.3, 0.4) is 0 Å². The zero-order valence-electron chi connectivity index (χ0n) is 10.6. The van der Waals surface area contributed by atoms with Gasteiger partial charge in [-0.05, 0) is 12.1 Å². The molecule has 0 radical (unpaired) electrons. The van der Waals surface area contributed by atoms with Crippen molar-refractivity contribution >= 4 is 10.0 Å². The minimum absolute atomic E-state index is 0.0846. The summed E-state index contributed by atoms with van der Waals surface area (Å²) in [5.74, 6) is 0.566. The molecule has 1 atom stereocenters. The van der Waals surface area contributed by atoms with Crippen LogP contribution in [0, 0.1) is 0 Å². The van der Waals surface area contributed by atoms with Crippen LogP contribution in [0.5, 0.6) is 0 Å². The molecule has 2 rings (SSSR count). The van der Waals surface area contributed by atoms with Crippen molar-refractivity contribution in [3.8, 4) is 0 Å². The molecule has 1 N–H and O–H groups in total. The maximum atomic E-state index is 12.0. The van der Waals surface area contributed by atoms with E-state index in [0.717, 1.165) is 0 Å². The molecule has 8 heteroatoms. The molecular weight excluding hydrogens is 270 g/mol. The summed E-state index contributed by atoms with van der Waals surface area (Å²) in [5.41, 5.74) is 0. The van der Waals surface area contributed by atoms with E-state index in [4.69, 9.17) is 9.15 Å². The Hall–Kier alpha value is -1.64. The van der Waals surface area contributed by atoms with Gasteiger partial charge in [-0.15, -0.1) is 0 Å². The molecule has 19 heavy (non-hydrogen) atoms. The number of rotatable bonds is 6. The minimum atomic E-state index is -3.59. The van der Waals surface area contributed by atoms with Crippen LogP contribution in [0.1, 0.15) is 11.9 Å². The van der Waals surface area contributed by atoms with E-state index in [1.165, 1.54) is 30.4 Å². The molecule has 1 unspecified atom stereocenters. The van der Waals surface area contributed by atoms with Crippen LogP contribution in [0.4, 0.5) is 0 Å². The maximum Gasteiger partial charge on any atom is 0.243 e. The van der Waals surface area contributed by atoms with Crippen molar-refractivity contribution in [2.24, 2.45) is 7.05 Å². The van der Waals surface area contributed by atoms with Gasteiger partial charge in [0.05, 0.1) is 12.5 Å². The molecule has 0 aliphatic carbocycles. The highest BCUT2D eigenvalue weighted by molar-refractivity contribution is 7.89. The Labute approximate surface area is 111 Å². The molecule has 2 aromatic heterocycles. The van der Waals surface area contributed by atoms with Crippen LogP contribution in [-0.4, -0.2) is 31.9 Å². The molecule has 0 spiro atoms. The molecule has 104 valence electrons. The molecule has 0 bridgehead atoms. The standard InChI is InChI=1S/C11H15N3O4S/c1-14-8-9(6-12-14)19(15,16)13-7-11(17-2)10-4-3-5-18-10/h3-6,8,11,13H,7H2,1-2H3. The fourth-order valence-electron chi connectivity index (χ4n) is 1.58. The fourth-order valence-corrected chi connectivity index (χ4v) is 2.60. The first kappa shape index (κ1) is 13.8. The number of aromatic nitrogens is 2. The molecule has 0 saturated heterocycles. The maximum absolute atomic E-state index is 12.0. The van der Waals surface area contributed by atoms with Gasteiger partial charge in [-0.25, -0.2) is 13.1 Å². The van der Waals surface area contributed by atoms with Gasteiger partial charge in [0.15, 0.2) is 0 Å². The van der Waals surface area contributed by atoms with Crippen LogP contribution in [0.15, 0.2) is 40.1 Å². The van der Waals surface area contributed by atoms with Crippen molar-refractivity contribution in [1.29, 1.82) is 0 Å². The number of furan rings is 1. The molecule has 0 saturated carbocycles. The van der Waals surface area contributed by atoms with E-state index in [9.17, 15) is 8.42 Å². The molecular formula is C11H15N3O4S. The Morgan fingerprint density at radius 1 is 1.58 bits per heavy atom. The predicted molar refractivity (Wildman–Crippen MR) is 66.9 cm³/mol. The second-order valence-corrected chi connectivity index (χ2v) is 5.71. The SMILES string of the molecule is COC(CNS(=O)(=O)c1cnn(C)c1)c1ccco1. The zero-order chi connectivity index (χ0) is 13.9. The summed E-state index contributed by atoms with van der Waals surface area (Å²) in [6.45, 7) is 0.0846. The van der Waals surface area contributed by atoms with E-state index in [1.807, 2.05) is 0 Å². The summed E-state index contributed by atoms with van der Waals surface area (Å²) < 4.78 is 38.2. The van der Waals surface area contributed by atoms with Gasteiger partial charge < -0.3 is 9.15 Å². The lowest BCUT2D eigenvalue weighted by Crippen LogP contribution is -2.29. The number of methoxy groups -OCH3 is 1. The third kappa shape index (κ3) is 3.22. The monoisotopic (exact) mass is 285 g/mol. The number of hydrogen-bond donors (Lipinski definition) is 1. The van der Waals surface area contributed by atoms with Crippen molar-refractivity contribution in [3.63, 3.8) is 0 Å². The van der Waals surface area contributed by atoms with Gasteiger partial charge in [0.1, 0.15) is 16.8 Å². The lowest BCUT2D eigenvalue weighted by Gasteiger charge is -2.13. The van der Waals surface area contributed by atoms with Crippen LogP contribution < -0.4 is 4.72 Å². The third-order valence-electron chi connectivity index (χ3n) is 2.60. The van der Waals surface area contributed by atoms with Gasteiger partial charge in [-0.3, -0.25) is 4.68 Å². The first-order valence-electron chi connectivity index (χ1n) is 5.57. The van der Waals surface area contributed by atoms with Crippen LogP contribution in [0.2, 0.25) is 0 Å². The molecule has 0 aromatic carbocycles. The normalized spacial score (nSPS) is 13.6. The minimum Gasteiger partial charge on any atom is -0.467 e. The number of sulfonamides is 1. The lowest BCUT2D eigenvalue weighted by atomic mass is 10.3. The summed E-state index contributed by atoms with van der Waals surface area (Å²) in [6, 6.07) is 3.45. The van der Waals surface area contributed by atoms with Crippen molar-refractivity contribution < 1.29 is 17.6 Å². The van der Waals surface area contributed by atoms with Crippen LogP contribution in [0.25, 0.3) is 0 Å². The summed E-state index contributed by atoms with van der Waals surface area (Å²) in [7, 11) is -0.446. The van der Waals surface area contributed by atoms with Gasteiger partial charge in [-0.1, -0.05) is 0 Å². The quantitative estimate of drug-likeness (QED) is 0.843. The Morgan fingerprint density at radius 2 is 2.37 bits per heavy atom. The molecule has 2 aromatic rings. The molecule has 2 heterocycles. The highest BCUT2D eigenvalue weighted by Gasteiger charge is 2.20. The second kappa shape index (κ2) is 5.55. The highest BCUT2D eigenvalue weighted by Crippen LogP contribution is 2.17. The second-order valence-electron chi connectivity index (χ2n) is 3.94. The van der Waals surface area contributed by atoms with Gasteiger partial charge in [0.2, 0.25) is 10.0 Å². The zero-order valence-corrected chi connectivity index (χ0v) is 11.4. The number of nitrogens with zero attached hydrogens (tertiary/aromatic N) is 2. The van der Waals surface area contributed by atoms with Crippen molar-refractivity contribution in [2.45, 2.75) is 11.0 Å². The molecule has 0 aliphatic rings. The van der Waals surface area contributed by atoms with Crippen LogP contribution >= 0.6 is 0 Å². The van der Waals surface area contributed by atoms with E-state index in [1.54, 1.807) is 19.2 Å². The van der Waals surface area contributed by atoms with Gasteiger partial charge in [-0.2, -0.15) is 5.10 Å². The Morgan fingerprint density at radius 3 is 2.89 bits per heavy atom. The average Bonchev–Trinajstić information content (AvgIpc) is 3.01. The first-order chi connectivity index (χ1) is 9.03. The smallest absolute Gasteiger partial charge is 0.243 e. The van der Waals surface area contributed by atoms with E-state index in [-0.39, 0.29) is 11.4 Å². The van der Waals surface area contributed by atoms with Crippen molar-refractivity contribution in [1.82, 2.24) is 14.5 Å². The number of nitrogens with one attached hydrogen (secondary N) is 1. The lowest BCUT2D eigenvalue weighted by molar-refractivity contribution is 0.0878. The topological polar surface area (TPSA) is 86.4 Å². The van der Waals surface area contributed by atoms with Crippen LogP contribution in [-0.2, 0) is 21.8 Å². The molecule has 7 nitrogen and oxygen atoms in total. The van der Waals surface area contributed by atoms with E-state index < -0.39 is 16.1 Å². The van der Waals surface area contributed by atoms with Gasteiger partial charge in [0, 0.05) is 26.9 Å². The summed E-state index contributed by atoms with van der Waals surface area (Å²) in [5, 5.41) is 3.83. The Balaban J connectivity index is 2.05. The largest absolute Gasteiger partial charge is 0.467 e. The fraction of sp³-hybridized carbons (Fsp3) is 0.364. The first-order valence-corrected chi connectivity index (χ1v) is 7.06. The van der Waals surface area contributed by atoms with E-state index in [0.29, 0.717) is 5.76 Å². The Kier molecular flexibility index (Phi) is 4.03. The summed E-state index contributed by atoms with van der Waals surface area (Å²) in [4.78, 5) is 0.115. The summed E-state index contributed by atoms with van der Waals surface area (Å²) in [6.07, 6.45) is 3.76. The number of hydrogen-bond acceptors (Lipinski definition) is 5. The molecule has 0 amide bonds.